The molecule has 358 valence electrons. The van der Waals surface area contributed by atoms with Gasteiger partial charge in [-0.3, -0.25) is 0 Å². The lowest BCUT2D eigenvalue weighted by Crippen LogP contribution is -2.67. The Morgan fingerprint density at radius 1 is 0.516 bits per heavy atom. The largest absolute Gasteiger partial charge is 0.393 e. The van der Waals surface area contributed by atoms with E-state index in [0.29, 0.717) is 68.4 Å². The van der Waals surface area contributed by atoms with Gasteiger partial charge in [0.1, 0.15) is 24.4 Å². The van der Waals surface area contributed by atoms with Gasteiger partial charge in [0.15, 0.2) is 38.7 Å². The Hall–Kier alpha value is -0.820. The van der Waals surface area contributed by atoms with E-state index in [0.717, 1.165) is 90.3 Å². The topological polar surface area (TPSA) is 151 Å². The van der Waals surface area contributed by atoms with Crippen LogP contribution in [0.25, 0.3) is 0 Å². The Bertz CT molecular complexity index is 1860. The molecule has 0 amide bonds. The molecular weight excluding hydrogens is 825 g/mol. The molecule has 7 saturated carbocycles. The zero-order valence-corrected chi connectivity index (χ0v) is 38.7. The average Bonchev–Trinajstić information content (AvgIpc) is 4.15. The highest BCUT2D eigenvalue weighted by Gasteiger charge is 2.79. The number of ether oxygens (including phenoxy) is 12. The highest BCUT2D eigenvalue weighted by atomic mass is 16.9. The number of aliphatic hydroxyl groups excluding tert-OH is 2. The van der Waals surface area contributed by atoms with Crippen LogP contribution in [0.15, 0.2) is 11.6 Å². The summed E-state index contributed by atoms with van der Waals surface area (Å²) in [5, 5.41) is 23.6. The predicted molar refractivity (Wildman–Crippen MR) is 224 cm³/mol. The Balaban J connectivity index is 0.000000129. The summed E-state index contributed by atoms with van der Waals surface area (Å²) in [6.45, 7) is 14.1. The van der Waals surface area contributed by atoms with Crippen molar-refractivity contribution in [2.24, 2.45) is 63.1 Å². The molecule has 17 atom stereocenters. The van der Waals surface area contributed by atoms with Crippen LogP contribution in [-0.2, 0) is 56.8 Å². The molecule has 0 aromatic rings. The summed E-state index contributed by atoms with van der Waals surface area (Å²) in [5.41, 5.74) is 0.0797. The minimum atomic E-state index is -0.836. The molecule has 14 aliphatic rings. The molecule has 6 saturated heterocycles. The molecule has 6 heterocycles. The van der Waals surface area contributed by atoms with Crippen LogP contribution in [0.4, 0.5) is 0 Å². The molecule has 0 aromatic heterocycles. The van der Waals surface area contributed by atoms with Gasteiger partial charge in [0, 0.05) is 36.5 Å². The standard InChI is InChI=1S/C25H38O7.C25H36O7/c2*1-21-7-8-23(28-9-10-29-23)11-16(21)3-4-17-18-5-6-24(22(18,2)12-19(26)20(17)21)25(32-15-30-24)13-27-14-31-25/h16-20,26H,3-15H2,1-2H3;3,17-20,26H,4-15H2,1-2H3/t16?,17?,18?,19-,20?,21-,22-,24+,25?;17?,18?,19-,20?,21-,22-,24+,25?/m00/s1. The maximum atomic E-state index is 11.8. The van der Waals surface area contributed by atoms with Gasteiger partial charge in [-0.25, -0.2) is 0 Å². The minimum Gasteiger partial charge on any atom is -0.393 e. The first-order valence-electron chi connectivity index (χ1n) is 25.4. The Kier molecular flexibility index (Phi) is 9.72. The summed E-state index contributed by atoms with van der Waals surface area (Å²) in [7, 11) is 0. The molecule has 6 aliphatic heterocycles. The zero-order chi connectivity index (χ0) is 43.6. The van der Waals surface area contributed by atoms with Gasteiger partial charge >= 0.3 is 0 Å². The van der Waals surface area contributed by atoms with Gasteiger partial charge in [-0.05, 0) is 123 Å². The normalized spacial score (nSPS) is 57.2. The third-order valence-electron chi connectivity index (χ3n) is 22.3. The van der Waals surface area contributed by atoms with Crippen molar-refractivity contribution in [1.82, 2.24) is 0 Å². The maximum absolute atomic E-state index is 11.8. The minimum absolute atomic E-state index is 0.00231. The lowest BCUT2D eigenvalue weighted by Gasteiger charge is -2.64. The van der Waals surface area contributed by atoms with Crippen LogP contribution in [0.3, 0.4) is 0 Å². The van der Waals surface area contributed by atoms with Crippen molar-refractivity contribution < 1.29 is 67.1 Å². The van der Waals surface area contributed by atoms with Gasteiger partial charge in [0.2, 0.25) is 11.6 Å². The van der Waals surface area contributed by atoms with Crippen LogP contribution in [0.5, 0.6) is 0 Å². The fraction of sp³-hybridized carbons (Fsp3) is 0.960. The second kappa shape index (κ2) is 14.4. The molecule has 14 rings (SSSR count). The number of allylic oxidation sites excluding steroid dienone is 1. The van der Waals surface area contributed by atoms with E-state index in [1.54, 1.807) is 0 Å². The number of hydrogen-bond donors (Lipinski definition) is 2. The zero-order valence-electron chi connectivity index (χ0n) is 38.7. The van der Waals surface area contributed by atoms with Gasteiger partial charge in [-0.15, -0.1) is 0 Å². The third-order valence-corrected chi connectivity index (χ3v) is 22.3. The summed E-state index contributed by atoms with van der Waals surface area (Å²) >= 11 is 0. The monoisotopic (exact) mass is 899 g/mol. The van der Waals surface area contributed by atoms with E-state index in [2.05, 4.69) is 33.8 Å². The second-order valence-corrected chi connectivity index (χ2v) is 24.0. The molecule has 14 heteroatoms. The fourth-order valence-corrected chi connectivity index (χ4v) is 19.5. The van der Waals surface area contributed by atoms with Crippen LogP contribution < -0.4 is 0 Å². The van der Waals surface area contributed by atoms with Gasteiger partial charge < -0.3 is 67.1 Å². The van der Waals surface area contributed by atoms with E-state index in [4.69, 9.17) is 56.8 Å². The average molecular weight is 899 g/mol. The van der Waals surface area contributed by atoms with E-state index in [-0.39, 0.29) is 72.7 Å². The smallest absolute Gasteiger partial charge is 0.226 e. The van der Waals surface area contributed by atoms with E-state index < -0.39 is 28.6 Å². The summed E-state index contributed by atoms with van der Waals surface area (Å²) in [4.78, 5) is 0. The summed E-state index contributed by atoms with van der Waals surface area (Å²) in [6, 6.07) is 0. The van der Waals surface area contributed by atoms with E-state index >= 15 is 0 Å². The molecule has 2 N–H and O–H groups in total. The van der Waals surface area contributed by atoms with E-state index in [1.807, 2.05) is 0 Å². The van der Waals surface area contributed by atoms with Gasteiger partial charge in [-0.2, -0.15) is 0 Å². The first-order chi connectivity index (χ1) is 30.7. The Labute approximate surface area is 378 Å². The Morgan fingerprint density at radius 2 is 1.06 bits per heavy atom. The molecule has 64 heavy (non-hydrogen) atoms. The molecule has 9 unspecified atom stereocenters. The molecule has 0 bridgehead atoms. The number of fused-ring (bicyclic) bond motifs is 14. The molecule has 6 spiro atoms. The summed E-state index contributed by atoms with van der Waals surface area (Å²) in [5.74, 6) is 0.598. The predicted octanol–water partition coefficient (Wildman–Crippen LogP) is 6.29. The van der Waals surface area contributed by atoms with Crippen molar-refractivity contribution in [2.75, 3.05) is 66.8 Å². The third kappa shape index (κ3) is 5.37. The maximum Gasteiger partial charge on any atom is 0.226 e. The SMILES string of the molecule is C[C@]12CCC3(CC1=CCC1C2[C@@H](O)C[C@@]2(C)C1CC[C@@]21OCOC12COCO2)OCCO3.C[C@]12CCC3(CC1CCC1C2[C@@H](O)C[C@@]2(C)C1CC[C@@]21OCOC12COCO2)OCCO3. The Morgan fingerprint density at radius 3 is 1.66 bits per heavy atom. The van der Waals surface area contributed by atoms with Crippen molar-refractivity contribution in [3.05, 3.63) is 11.6 Å². The van der Waals surface area contributed by atoms with Crippen molar-refractivity contribution >= 4 is 0 Å². The number of aliphatic hydroxyl groups is 2. The van der Waals surface area contributed by atoms with Crippen molar-refractivity contribution in [1.29, 1.82) is 0 Å². The second-order valence-electron chi connectivity index (χ2n) is 24.0. The van der Waals surface area contributed by atoms with Crippen molar-refractivity contribution in [3.8, 4) is 0 Å². The van der Waals surface area contributed by atoms with Crippen LogP contribution in [0.2, 0.25) is 0 Å². The fourth-order valence-electron chi connectivity index (χ4n) is 19.5. The number of rotatable bonds is 0. The van der Waals surface area contributed by atoms with Gasteiger partial charge in [0.25, 0.3) is 0 Å². The summed E-state index contributed by atoms with van der Waals surface area (Å²) < 4.78 is 72.9. The highest BCUT2D eigenvalue weighted by molar-refractivity contribution is 5.30. The van der Waals surface area contributed by atoms with Crippen LogP contribution in [0, 0.1) is 63.1 Å². The van der Waals surface area contributed by atoms with Crippen LogP contribution in [-0.4, -0.2) is 124 Å². The quantitative estimate of drug-likeness (QED) is 0.262. The van der Waals surface area contributed by atoms with Crippen molar-refractivity contribution in [2.45, 2.75) is 171 Å². The van der Waals surface area contributed by atoms with Crippen LogP contribution >= 0.6 is 0 Å². The first-order valence-corrected chi connectivity index (χ1v) is 25.4. The molecule has 13 fully saturated rings. The van der Waals surface area contributed by atoms with Gasteiger partial charge in [0.05, 0.1) is 38.6 Å². The first kappa shape index (κ1) is 43.2. The van der Waals surface area contributed by atoms with Crippen molar-refractivity contribution in [3.63, 3.8) is 0 Å². The molecule has 0 radical (unpaired) electrons. The van der Waals surface area contributed by atoms with E-state index in [9.17, 15) is 10.2 Å². The highest BCUT2D eigenvalue weighted by Crippen LogP contribution is 2.74. The van der Waals surface area contributed by atoms with Crippen LogP contribution in [0.1, 0.15) is 124 Å². The lowest BCUT2D eigenvalue weighted by atomic mass is 9.43. The molecule has 8 aliphatic carbocycles. The molecule has 0 aromatic carbocycles. The molecular formula is C50H74O14. The van der Waals surface area contributed by atoms with E-state index in [1.165, 1.54) is 18.4 Å². The summed E-state index contributed by atoms with van der Waals surface area (Å²) in [6.07, 6.45) is 16.3. The number of hydrogen-bond acceptors (Lipinski definition) is 14. The lowest BCUT2D eigenvalue weighted by molar-refractivity contribution is -0.272. The molecule has 14 nitrogen and oxygen atoms in total. The van der Waals surface area contributed by atoms with Gasteiger partial charge in [-0.1, -0.05) is 39.3 Å².